The van der Waals surface area contributed by atoms with Crippen LogP contribution in [-0.4, -0.2) is 23.9 Å². The van der Waals surface area contributed by atoms with Crippen LogP contribution < -0.4 is 9.64 Å². The molecule has 0 spiro atoms. The largest absolute Gasteiger partial charge is 0.503 e. The number of ketones is 1. The molecule has 1 unspecified atom stereocenters. The number of benzene rings is 2. The summed E-state index contributed by atoms with van der Waals surface area (Å²) in [5.74, 6) is -1.78. The molecule has 0 bridgehead atoms. The van der Waals surface area contributed by atoms with Gasteiger partial charge in [-0.05, 0) is 41.8 Å². The first-order chi connectivity index (χ1) is 14.0. The van der Waals surface area contributed by atoms with Gasteiger partial charge in [-0.3, -0.25) is 14.5 Å². The van der Waals surface area contributed by atoms with Crippen LogP contribution in [0.4, 0.5) is 10.1 Å². The van der Waals surface area contributed by atoms with Crippen LogP contribution in [0.5, 0.6) is 5.75 Å². The molecule has 1 amide bonds. The van der Waals surface area contributed by atoms with Crippen LogP contribution in [0.15, 0.2) is 77.4 Å². The first kappa shape index (κ1) is 18.9. The van der Waals surface area contributed by atoms with Crippen LogP contribution in [0, 0.1) is 5.82 Å². The van der Waals surface area contributed by atoms with E-state index in [-0.39, 0.29) is 5.57 Å². The molecule has 2 heterocycles. The van der Waals surface area contributed by atoms with E-state index in [1.165, 1.54) is 47.6 Å². The Labute approximate surface area is 170 Å². The van der Waals surface area contributed by atoms with Gasteiger partial charge >= 0.3 is 0 Å². The molecule has 3 aromatic rings. The highest BCUT2D eigenvalue weighted by atomic mass is 32.1. The number of anilines is 1. The lowest BCUT2D eigenvalue weighted by molar-refractivity contribution is -0.117. The van der Waals surface area contributed by atoms with Crippen LogP contribution in [0.2, 0.25) is 0 Å². The van der Waals surface area contributed by atoms with Gasteiger partial charge in [-0.15, -0.1) is 11.3 Å². The van der Waals surface area contributed by atoms with Crippen molar-refractivity contribution in [1.82, 2.24) is 0 Å². The fourth-order valence-electron chi connectivity index (χ4n) is 3.43. The summed E-state index contributed by atoms with van der Waals surface area (Å²) >= 11 is 1.22. The number of aliphatic hydroxyl groups excluding tert-OH is 1. The first-order valence-electron chi connectivity index (χ1n) is 8.76. The summed E-state index contributed by atoms with van der Waals surface area (Å²) in [7, 11) is 1.49. The van der Waals surface area contributed by atoms with Gasteiger partial charge in [-0.1, -0.05) is 24.3 Å². The van der Waals surface area contributed by atoms with Gasteiger partial charge in [-0.2, -0.15) is 0 Å². The minimum absolute atomic E-state index is 0.0359. The third-order valence-electron chi connectivity index (χ3n) is 4.74. The van der Waals surface area contributed by atoms with Gasteiger partial charge < -0.3 is 9.84 Å². The Kier molecular flexibility index (Phi) is 4.90. The van der Waals surface area contributed by atoms with Crippen molar-refractivity contribution < 1.29 is 23.8 Å². The van der Waals surface area contributed by atoms with Crippen LogP contribution in [0.1, 0.15) is 21.3 Å². The zero-order valence-corrected chi connectivity index (χ0v) is 16.2. The third-order valence-corrected chi connectivity index (χ3v) is 5.60. The third kappa shape index (κ3) is 3.19. The quantitative estimate of drug-likeness (QED) is 0.622. The summed E-state index contributed by atoms with van der Waals surface area (Å²) in [6, 6.07) is 14.7. The molecule has 4 rings (SSSR count). The van der Waals surface area contributed by atoms with Crippen molar-refractivity contribution in [3.8, 4) is 5.75 Å². The lowest BCUT2D eigenvalue weighted by Crippen LogP contribution is -2.31. The number of amides is 1. The van der Waals surface area contributed by atoms with Gasteiger partial charge in [0.25, 0.3) is 5.91 Å². The molecule has 1 atom stereocenters. The maximum absolute atomic E-state index is 13.4. The number of Topliss-reactive ketones (excluding diaryl/α,β-unsaturated/α-hetero) is 1. The fourth-order valence-corrected chi connectivity index (χ4v) is 4.11. The molecule has 1 aromatic heterocycles. The molecule has 0 fully saturated rings. The van der Waals surface area contributed by atoms with E-state index >= 15 is 0 Å². The SMILES string of the molecule is COc1ccccc1C1C(C(=O)c2cccs2)=C(O)C(=O)N1c1ccc(F)cc1. The molecule has 1 aliphatic heterocycles. The highest BCUT2D eigenvalue weighted by Crippen LogP contribution is 2.44. The Hall–Kier alpha value is -3.45. The van der Waals surface area contributed by atoms with Crippen molar-refractivity contribution in [3.05, 3.63) is 93.6 Å². The summed E-state index contributed by atoms with van der Waals surface area (Å²) in [5.41, 5.74) is 0.857. The van der Waals surface area contributed by atoms with E-state index in [0.29, 0.717) is 21.9 Å². The number of para-hydroxylation sites is 1. The molecule has 0 radical (unpaired) electrons. The highest BCUT2D eigenvalue weighted by molar-refractivity contribution is 7.12. The van der Waals surface area contributed by atoms with E-state index in [0.717, 1.165) is 0 Å². The van der Waals surface area contributed by atoms with E-state index in [4.69, 9.17) is 4.74 Å². The maximum Gasteiger partial charge on any atom is 0.294 e. The van der Waals surface area contributed by atoms with Crippen LogP contribution in [0.25, 0.3) is 0 Å². The molecule has 146 valence electrons. The summed E-state index contributed by atoms with van der Waals surface area (Å²) in [6.07, 6.45) is 0. The topological polar surface area (TPSA) is 66.8 Å². The maximum atomic E-state index is 13.4. The minimum atomic E-state index is -0.918. The standard InChI is InChI=1S/C22H16FNO4S/c1-28-16-6-3-2-5-15(16)19-18(20(25)17-7-4-12-29-17)21(26)22(27)24(19)14-10-8-13(23)9-11-14/h2-12,19,26H,1H3. The van der Waals surface area contributed by atoms with Crippen molar-refractivity contribution in [3.63, 3.8) is 0 Å². The van der Waals surface area contributed by atoms with Crippen molar-refractivity contribution in [1.29, 1.82) is 0 Å². The van der Waals surface area contributed by atoms with Gasteiger partial charge in [0.15, 0.2) is 5.76 Å². The number of ether oxygens (including phenoxy) is 1. The molecule has 1 aliphatic rings. The predicted octanol–water partition coefficient (Wildman–Crippen LogP) is 4.68. The molecule has 2 aromatic carbocycles. The molecular formula is C22H16FNO4S. The zero-order valence-electron chi connectivity index (χ0n) is 15.3. The molecule has 1 N–H and O–H groups in total. The second-order valence-electron chi connectivity index (χ2n) is 6.36. The number of aliphatic hydroxyl groups is 1. The Morgan fingerprint density at radius 1 is 1.10 bits per heavy atom. The lowest BCUT2D eigenvalue weighted by Gasteiger charge is -2.28. The molecular weight excluding hydrogens is 393 g/mol. The molecule has 0 saturated carbocycles. The monoisotopic (exact) mass is 409 g/mol. The Morgan fingerprint density at radius 3 is 2.48 bits per heavy atom. The van der Waals surface area contributed by atoms with Gasteiger partial charge in [0.05, 0.1) is 23.6 Å². The smallest absolute Gasteiger partial charge is 0.294 e. The predicted molar refractivity (Wildman–Crippen MR) is 108 cm³/mol. The molecule has 0 aliphatic carbocycles. The second-order valence-corrected chi connectivity index (χ2v) is 7.31. The van der Waals surface area contributed by atoms with Gasteiger partial charge in [0, 0.05) is 11.3 Å². The molecule has 5 nitrogen and oxygen atoms in total. The highest BCUT2D eigenvalue weighted by Gasteiger charge is 2.45. The number of carbonyl (C=O) groups is 2. The summed E-state index contributed by atoms with van der Waals surface area (Å²) in [4.78, 5) is 27.9. The van der Waals surface area contributed by atoms with Crippen molar-refractivity contribution in [2.24, 2.45) is 0 Å². The molecule has 7 heteroatoms. The molecule has 29 heavy (non-hydrogen) atoms. The summed E-state index contributed by atoms with van der Waals surface area (Å²) in [5, 5.41) is 12.4. The number of halogens is 1. The Balaban J connectivity index is 1.92. The Bertz CT molecular complexity index is 1110. The van der Waals surface area contributed by atoms with E-state index in [1.54, 1.807) is 41.8 Å². The number of hydrogen-bond donors (Lipinski definition) is 1. The van der Waals surface area contributed by atoms with E-state index in [9.17, 15) is 19.1 Å². The van der Waals surface area contributed by atoms with Crippen molar-refractivity contribution in [2.45, 2.75) is 6.04 Å². The van der Waals surface area contributed by atoms with Gasteiger partial charge in [-0.25, -0.2) is 4.39 Å². The van der Waals surface area contributed by atoms with Crippen molar-refractivity contribution in [2.75, 3.05) is 12.0 Å². The lowest BCUT2D eigenvalue weighted by atomic mass is 9.94. The minimum Gasteiger partial charge on any atom is -0.503 e. The number of rotatable bonds is 5. The average molecular weight is 409 g/mol. The average Bonchev–Trinajstić information content (AvgIpc) is 3.36. The number of methoxy groups -OCH3 is 1. The van der Waals surface area contributed by atoms with E-state index in [1.807, 2.05) is 0 Å². The van der Waals surface area contributed by atoms with Crippen LogP contribution >= 0.6 is 11.3 Å². The van der Waals surface area contributed by atoms with Crippen molar-refractivity contribution >= 4 is 28.7 Å². The number of hydrogen-bond acceptors (Lipinski definition) is 5. The molecule has 0 saturated heterocycles. The number of nitrogens with zero attached hydrogens (tertiary/aromatic N) is 1. The van der Waals surface area contributed by atoms with Crippen LogP contribution in [-0.2, 0) is 4.79 Å². The van der Waals surface area contributed by atoms with Gasteiger partial charge in [0.1, 0.15) is 11.6 Å². The van der Waals surface area contributed by atoms with Crippen LogP contribution in [0.3, 0.4) is 0 Å². The van der Waals surface area contributed by atoms with E-state index < -0.39 is 29.3 Å². The Morgan fingerprint density at radius 2 is 1.83 bits per heavy atom. The van der Waals surface area contributed by atoms with E-state index in [2.05, 4.69) is 0 Å². The summed E-state index contributed by atoms with van der Waals surface area (Å²) in [6.45, 7) is 0. The zero-order chi connectivity index (χ0) is 20.5. The fraction of sp³-hybridized carbons (Fsp3) is 0.0909. The second kappa shape index (κ2) is 7.52. The number of thiophene rings is 1. The normalized spacial score (nSPS) is 16.4. The first-order valence-corrected chi connectivity index (χ1v) is 9.64. The summed E-state index contributed by atoms with van der Waals surface area (Å²) < 4.78 is 18.9. The van der Waals surface area contributed by atoms with Gasteiger partial charge in [0.2, 0.25) is 5.78 Å². The number of carbonyl (C=O) groups excluding carboxylic acids is 2.